The number of carbonyl (C=O) groups is 1. The third-order valence-electron chi connectivity index (χ3n) is 3.03. The number of hydrogen-bond donors (Lipinski definition) is 3. The molecule has 0 fully saturated rings. The third kappa shape index (κ3) is 3.79. The summed E-state index contributed by atoms with van der Waals surface area (Å²) in [6.45, 7) is 1.35. The van der Waals surface area contributed by atoms with E-state index in [1.807, 2.05) is 0 Å². The molecule has 0 saturated heterocycles. The number of nitrogens with one attached hydrogen (secondary N) is 2. The maximum atomic E-state index is 14.0. The van der Waals surface area contributed by atoms with Gasteiger partial charge in [0.2, 0.25) is 0 Å². The van der Waals surface area contributed by atoms with Crippen LogP contribution in [0.3, 0.4) is 0 Å². The Bertz CT molecular complexity index is 663. The van der Waals surface area contributed by atoms with E-state index in [9.17, 15) is 13.6 Å². The number of carbonyl (C=O) groups excluding carboxylic acids is 1. The van der Waals surface area contributed by atoms with Gasteiger partial charge < -0.3 is 15.7 Å². The molecule has 0 bridgehead atoms. The van der Waals surface area contributed by atoms with Crippen LogP contribution in [0.5, 0.6) is 0 Å². The highest BCUT2D eigenvalue weighted by atomic mass is 19.1. The van der Waals surface area contributed by atoms with Gasteiger partial charge in [0.25, 0.3) is 0 Å². The lowest BCUT2D eigenvalue weighted by Gasteiger charge is -2.15. The lowest BCUT2D eigenvalue weighted by molar-refractivity contribution is 0.229. The second kappa shape index (κ2) is 7.00. The largest absolute Gasteiger partial charge is 0.394 e. The number of hydrogen-bond acceptors (Lipinski definition) is 2. The molecule has 0 heterocycles. The van der Waals surface area contributed by atoms with Crippen LogP contribution in [0.25, 0.3) is 11.1 Å². The van der Waals surface area contributed by atoms with Crippen molar-refractivity contribution in [3.05, 3.63) is 54.1 Å². The van der Waals surface area contributed by atoms with E-state index in [0.29, 0.717) is 11.6 Å². The molecule has 1 atom stereocenters. The lowest BCUT2D eigenvalue weighted by Crippen LogP contribution is -2.38. The lowest BCUT2D eigenvalue weighted by atomic mass is 10.0. The molecular weight excluding hydrogens is 290 g/mol. The van der Waals surface area contributed by atoms with Gasteiger partial charge in [0.05, 0.1) is 18.3 Å². The number of aliphatic hydroxyl groups excluding tert-OH is 1. The van der Waals surface area contributed by atoms with Gasteiger partial charge in [0, 0.05) is 11.6 Å². The Labute approximate surface area is 126 Å². The van der Waals surface area contributed by atoms with E-state index >= 15 is 0 Å². The second-order valence-electron chi connectivity index (χ2n) is 4.86. The van der Waals surface area contributed by atoms with Gasteiger partial charge in [-0.25, -0.2) is 13.6 Å². The Morgan fingerprint density at radius 3 is 2.55 bits per heavy atom. The molecule has 0 aromatic heterocycles. The summed E-state index contributed by atoms with van der Waals surface area (Å²) in [5.74, 6) is -1.60. The van der Waals surface area contributed by atoms with Crippen LogP contribution < -0.4 is 10.6 Å². The summed E-state index contributed by atoms with van der Waals surface area (Å²) in [5.41, 5.74) is 0.701. The summed E-state index contributed by atoms with van der Waals surface area (Å²) in [6.07, 6.45) is 0. The summed E-state index contributed by atoms with van der Waals surface area (Å²) in [5, 5.41) is 13.7. The Kier molecular flexibility index (Phi) is 5.06. The monoisotopic (exact) mass is 306 g/mol. The fourth-order valence-electron chi connectivity index (χ4n) is 1.97. The maximum Gasteiger partial charge on any atom is 0.319 e. The van der Waals surface area contributed by atoms with E-state index in [4.69, 9.17) is 5.11 Å². The van der Waals surface area contributed by atoms with Crippen molar-refractivity contribution in [1.82, 2.24) is 5.32 Å². The summed E-state index contributed by atoms with van der Waals surface area (Å²) in [4.78, 5) is 11.8. The van der Waals surface area contributed by atoms with E-state index in [0.717, 1.165) is 6.07 Å². The number of amides is 2. The average Bonchev–Trinajstić information content (AvgIpc) is 2.50. The number of urea groups is 1. The van der Waals surface area contributed by atoms with Crippen molar-refractivity contribution in [3.63, 3.8) is 0 Å². The second-order valence-corrected chi connectivity index (χ2v) is 4.86. The molecule has 0 aliphatic heterocycles. The topological polar surface area (TPSA) is 61.4 Å². The summed E-state index contributed by atoms with van der Waals surface area (Å²) in [7, 11) is 0. The SMILES string of the molecule is CC(CO)NC(=O)Nc1c(F)cc(F)cc1-c1ccccc1. The van der Waals surface area contributed by atoms with Crippen molar-refractivity contribution in [2.24, 2.45) is 0 Å². The van der Waals surface area contributed by atoms with Gasteiger partial charge in [0.1, 0.15) is 11.6 Å². The van der Waals surface area contributed by atoms with Crippen LogP contribution in [0, 0.1) is 11.6 Å². The number of aliphatic hydroxyl groups is 1. The van der Waals surface area contributed by atoms with Crippen molar-refractivity contribution < 1.29 is 18.7 Å². The van der Waals surface area contributed by atoms with Crippen LogP contribution in [0.15, 0.2) is 42.5 Å². The normalized spacial score (nSPS) is 11.8. The zero-order chi connectivity index (χ0) is 16.1. The maximum absolute atomic E-state index is 14.0. The summed E-state index contributed by atoms with van der Waals surface area (Å²) >= 11 is 0. The molecule has 0 radical (unpaired) electrons. The van der Waals surface area contributed by atoms with E-state index in [1.165, 1.54) is 0 Å². The van der Waals surface area contributed by atoms with Crippen LogP contribution in [0.4, 0.5) is 19.3 Å². The van der Waals surface area contributed by atoms with Crippen LogP contribution >= 0.6 is 0 Å². The van der Waals surface area contributed by atoms with Crippen molar-refractivity contribution in [2.45, 2.75) is 13.0 Å². The standard InChI is InChI=1S/C16H16F2N2O2/c1-10(9-21)19-16(22)20-15-13(7-12(17)8-14(15)18)11-5-3-2-4-6-11/h2-8,10,21H,9H2,1H3,(H2,19,20,22). The van der Waals surface area contributed by atoms with Gasteiger partial charge in [-0.3, -0.25) is 0 Å². The Morgan fingerprint density at radius 2 is 1.91 bits per heavy atom. The molecule has 116 valence electrons. The molecule has 2 aromatic rings. The minimum absolute atomic E-state index is 0.116. The van der Waals surface area contributed by atoms with Crippen molar-refractivity contribution in [1.29, 1.82) is 0 Å². The Morgan fingerprint density at radius 1 is 1.23 bits per heavy atom. The fourth-order valence-corrected chi connectivity index (χ4v) is 1.97. The molecule has 2 amide bonds. The zero-order valence-electron chi connectivity index (χ0n) is 11.9. The van der Waals surface area contributed by atoms with Crippen LogP contribution in [-0.2, 0) is 0 Å². The molecule has 0 aliphatic carbocycles. The molecule has 3 N–H and O–H groups in total. The molecule has 0 aliphatic rings. The highest BCUT2D eigenvalue weighted by Gasteiger charge is 2.16. The van der Waals surface area contributed by atoms with E-state index in [1.54, 1.807) is 37.3 Å². The molecule has 2 rings (SSSR count). The smallest absolute Gasteiger partial charge is 0.319 e. The van der Waals surface area contributed by atoms with E-state index < -0.39 is 23.7 Å². The predicted molar refractivity (Wildman–Crippen MR) is 80.5 cm³/mol. The van der Waals surface area contributed by atoms with Crippen molar-refractivity contribution >= 4 is 11.7 Å². The van der Waals surface area contributed by atoms with E-state index in [-0.39, 0.29) is 17.9 Å². The van der Waals surface area contributed by atoms with Gasteiger partial charge in [-0.1, -0.05) is 30.3 Å². The first-order valence-electron chi connectivity index (χ1n) is 6.74. The molecule has 0 saturated carbocycles. The number of rotatable bonds is 4. The summed E-state index contributed by atoms with van der Waals surface area (Å²) < 4.78 is 27.5. The number of anilines is 1. The highest BCUT2D eigenvalue weighted by molar-refractivity contribution is 5.94. The van der Waals surface area contributed by atoms with Gasteiger partial charge in [-0.15, -0.1) is 0 Å². The minimum Gasteiger partial charge on any atom is -0.394 e. The quantitative estimate of drug-likeness (QED) is 0.812. The van der Waals surface area contributed by atoms with Crippen molar-refractivity contribution in [3.8, 4) is 11.1 Å². The van der Waals surface area contributed by atoms with Gasteiger partial charge in [0.15, 0.2) is 0 Å². The molecule has 4 nitrogen and oxygen atoms in total. The average molecular weight is 306 g/mol. The van der Waals surface area contributed by atoms with Crippen molar-refractivity contribution in [2.75, 3.05) is 11.9 Å². The first-order valence-corrected chi connectivity index (χ1v) is 6.74. The predicted octanol–water partition coefficient (Wildman–Crippen LogP) is 3.13. The fraction of sp³-hybridized carbons (Fsp3) is 0.188. The Balaban J connectivity index is 2.36. The first-order chi connectivity index (χ1) is 10.5. The van der Waals surface area contributed by atoms with Crippen LogP contribution in [0.2, 0.25) is 0 Å². The Hall–Kier alpha value is -2.47. The number of halogens is 2. The third-order valence-corrected chi connectivity index (χ3v) is 3.03. The molecule has 2 aromatic carbocycles. The van der Waals surface area contributed by atoms with Gasteiger partial charge >= 0.3 is 6.03 Å². The van der Waals surface area contributed by atoms with Crippen LogP contribution in [-0.4, -0.2) is 23.8 Å². The molecule has 6 heteroatoms. The zero-order valence-corrected chi connectivity index (χ0v) is 11.9. The number of benzene rings is 2. The van der Waals surface area contributed by atoms with E-state index in [2.05, 4.69) is 10.6 Å². The van der Waals surface area contributed by atoms with Crippen LogP contribution in [0.1, 0.15) is 6.92 Å². The highest BCUT2D eigenvalue weighted by Crippen LogP contribution is 2.31. The van der Waals surface area contributed by atoms with Gasteiger partial charge in [-0.05, 0) is 18.6 Å². The van der Waals surface area contributed by atoms with Gasteiger partial charge in [-0.2, -0.15) is 0 Å². The minimum atomic E-state index is -0.870. The molecule has 22 heavy (non-hydrogen) atoms. The summed E-state index contributed by atoms with van der Waals surface area (Å²) in [6, 6.07) is 9.32. The molecule has 0 spiro atoms. The first kappa shape index (κ1) is 15.9. The molecule has 1 unspecified atom stereocenters. The molecular formula is C16H16F2N2O2.